The summed E-state index contributed by atoms with van der Waals surface area (Å²) in [7, 11) is 0. The number of carbonyl (C=O) groups excluding carboxylic acids is 2. The molecule has 0 fully saturated rings. The van der Waals surface area contributed by atoms with Crippen molar-refractivity contribution in [1.29, 1.82) is 0 Å². The van der Waals surface area contributed by atoms with Gasteiger partial charge in [0.15, 0.2) is 0 Å². The van der Waals surface area contributed by atoms with Gasteiger partial charge in [-0.25, -0.2) is 9.59 Å². The number of ether oxygens (including phenoxy) is 1. The van der Waals surface area contributed by atoms with E-state index < -0.39 is 36.2 Å². The molecule has 0 saturated carbocycles. The predicted octanol–water partition coefficient (Wildman–Crippen LogP) is 2.65. The predicted molar refractivity (Wildman–Crippen MR) is 118 cm³/mol. The van der Waals surface area contributed by atoms with Gasteiger partial charge in [0.25, 0.3) is 0 Å². The Labute approximate surface area is 186 Å². The molecule has 2 amide bonds. The number of aliphatic hydroxyl groups is 1. The quantitative estimate of drug-likeness (QED) is 0.475. The SMILES string of the molecule is CCCC(C)(NC(=O)OCC1c2ccccc2-c2ccccc21)C(=O)N[C@H](CO)C(=O)O. The van der Waals surface area contributed by atoms with Crippen LogP contribution in [-0.2, 0) is 14.3 Å². The van der Waals surface area contributed by atoms with Crippen LogP contribution >= 0.6 is 0 Å². The number of rotatable bonds is 9. The minimum atomic E-state index is -1.46. The number of hydrogen-bond donors (Lipinski definition) is 4. The van der Waals surface area contributed by atoms with Crippen LogP contribution in [0.5, 0.6) is 0 Å². The van der Waals surface area contributed by atoms with E-state index in [-0.39, 0.29) is 18.9 Å². The molecule has 1 aliphatic carbocycles. The van der Waals surface area contributed by atoms with Gasteiger partial charge in [0.05, 0.1) is 6.61 Å². The first kappa shape index (κ1) is 23.3. The van der Waals surface area contributed by atoms with Gasteiger partial charge in [-0.05, 0) is 35.6 Å². The third kappa shape index (κ3) is 4.75. The van der Waals surface area contributed by atoms with Gasteiger partial charge in [0.2, 0.25) is 5.91 Å². The van der Waals surface area contributed by atoms with E-state index in [1.54, 1.807) is 0 Å². The van der Waals surface area contributed by atoms with Crippen LogP contribution in [0.15, 0.2) is 48.5 Å². The van der Waals surface area contributed by atoms with E-state index in [9.17, 15) is 19.5 Å². The van der Waals surface area contributed by atoms with E-state index in [4.69, 9.17) is 9.84 Å². The maximum Gasteiger partial charge on any atom is 0.408 e. The molecule has 0 aliphatic heterocycles. The lowest BCUT2D eigenvalue weighted by atomic mass is 9.94. The van der Waals surface area contributed by atoms with Crippen LogP contribution in [0.3, 0.4) is 0 Å². The lowest BCUT2D eigenvalue weighted by Gasteiger charge is -2.30. The Balaban J connectivity index is 1.70. The summed E-state index contributed by atoms with van der Waals surface area (Å²) < 4.78 is 5.51. The van der Waals surface area contributed by atoms with Crippen molar-refractivity contribution < 1.29 is 29.3 Å². The Hall–Kier alpha value is -3.39. The van der Waals surface area contributed by atoms with Crippen LogP contribution in [0.4, 0.5) is 4.79 Å². The highest BCUT2D eigenvalue weighted by atomic mass is 16.5. The Morgan fingerprint density at radius 2 is 1.62 bits per heavy atom. The Morgan fingerprint density at radius 3 is 2.12 bits per heavy atom. The molecule has 0 heterocycles. The summed E-state index contributed by atoms with van der Waals surface area (Å²) >= 11 is 0. The number of alkyl carbamates (subject to hydrolysis) is 1. The number of carboxylic acids is 1. The molecule has 0 bridgehead atoms. The van der Waals surface area contributed by atoms with Crippen molar-refractivity contribution in [2.75, 3.05) is 13.2 Å². The zero-order chi connectivity index (χ0) is 23.3. The molecule has 0 aromatic heterocycles. The number of nitrogens with one attached hydrogen (secondary N) is 2. The van der Waals surface area contributed by atoms with Crippen molar-refractivity contribution in [2.24, 2.45) is 0 Å². The largest absolute Gasteiger partial charge is 0.480 e. The van der Waals surface area contributed by atoms with Crippen LogP contribution in [0.25, 0.3) is 11.1 Å². The minimum Gasteiger partial charge on any atom is -0.480 e. The van der Waals surface area contributed by atoms with E-state index in [0.717, 1.165) is 22.3 Å². The number of aliphatic hydroxyl groups excluding tert-OH is 1. The van der Waals surface area contributed by atoms with Crippen LogP contribution in [0.1, 0.15) is 43.7 Å². The molecule has 1 aliphatic rings. The maximum atomic E-state index is 12.7. The van der Waals surface area contributed by atoms with Gasteiger partial charge in [0, 0.05) is 5.92 Å². The van der Waals surface area contributed by atoms with Gasteiger partial charge in [-0.1, -0.05) is 61.9 Å². The summed E-state index contributed by atoms with van der Waals surface area (Å²) in [6.07, 6.45) is 0.0550. The highest BCUT2D eigenvalue weighted by Gasteiger charge is 2.37. The summed E-state index contributed by atoms with van der Waals surface area (Å²) in [5.74, 6) is -2.18. The van der Waals surface area contributed by atoms with E-state index >= 15 is 0 Å². The van der Waals surface area contributed by atoms with Crippen molar-refractivity contribution in [2.45, 2.75) is 44.2 Å². The van der Waals surface area contributed by atoms with Gasteiger partial charge in [-0.3, -0.25) is 4.79 Å². The van der Waals surface area contributed by atoms with Crippen LogP contribution in [0.2, 0.25) is 0 Å². The molecular formula is C24H28N2O6. The van der Waals surface area contributed by atoms with Crippen LogP contribution in [0, 0.1) is 0 Å². The number of hydrogen-bond acceptors (Lipinski definition) is 5. The summed E-state index contributed by atoms with van der Waals surface area (Å²) in [4.78, 5) is 36.5. The molecule has 0 radical (unpaired) electrons. The van der Waals surface area contributed by atoms with Gasteiger partial charge in [-0.2, -0.15) is 0 Å². The Kier molecular flexibility index (Phi) is 7.15. The van der Waals surface area contributed by atoms with Gasteiger partial charge >= 0.3 is 12.1 Å². The molecule has 170 valence electrons. The number of carbonyl (C=O) groups is 3. The first-order valence-electron chi connectivity index (χ1n) is 10.6. The molecule has 0 saturated heterocycles. The highest BCUT2D eigenvalue weighted by molar-refractivity contribution is 5.92. The Bertz CT molecular complexity index is 962. The van der Waals surface area contributed by atoms with Gasteiger partial charge in [-0.15, -0.1) is 0 Å². The topological polar surface area (TPSA) is 125 Å². The normalized spacial score (nSPS) is 15.1. The van der Waals surface area contributed by atoms with E-state index in [1.165, 1.54) is 6.92 Å². The fraction of sp³-hybridized carbons (Fsp3) is 0.375. The molecule has 2 aromatic carbocycles. The summed E-state index contributed by atoms with van der Waals surface area (Å²) in [6, 6.07) is 14.5. The highest BCUT2D eigenvalue weighted by Crippen LogP contribution is 2.44. The zero-order valence-electron chi connectivity index (χ0n) is 18.1. The fourth-order valence-electron chi connectivity index (χ4n) is 4.10. The summed E-state index contributed by atoms with van der Waals surface area (Å²) in [6.45, 7) is 2.68. The minimum absolute atomic E-state index is 0.0953. The Morgan fingerprint density at radius 1 is 1.06 bits per heavy atom. The van der Waals surface area contributed by atoms with Gasteiger partial charge < -0.3 is 25.6 Å². The number of fused-ring (bicyclic) bond motifs is 3. The molecule has 32 heavy (non-hydrogen) atoms. The number of carboxylic acid groups (broad SMARTS) is 1. The molecular weight excluding hydrogens is 412 g/mol. The smallest absolute Gasteiger partial charge is 0.408 e. The molecule has 0 spiro atoms. The molecule has 3 rings (SSSR count). The standard InChI is InChI=1S/C24H28N2O6/c1-3-12-24(2,22(30)25-20(13-27)21(28)29)26-23(31)32-14-19-17-10-6-4-8-15(17)16-9-5-7-11-18(16)19/h4-11,19-20,27H,3,12-14H2,1-2H3,(H,25,30)(H,26,31)(H,28,29)/t20-,24?/m1/s1. The molecule has 2 aromatic rings. The average Bonchev–Trinajstić information content (AvgIpc) is 3.09. The fourth-order valence-corrected chi connectivity index (χ4v) is 4.10. The average molecular weight is 440 g/mol. The summed E-state index contributed by atoms with van der Waals surface area (Å²) in [5, 5.41) is 23.1. The van der Waals surface area contributed by atoms with Crippen molar-refractivity contribution in [3.63, 3.8) is 0 Å². The number of aliphatic carboxylic acids is 1. The lowest BCUT2D eigenvalue weighted by molar-refractivity contribution is -0.144. The monoisotopic (exact) mass is 440 g/mol. The van der Waals surface area contributed by atoms with E-state index in [1.807, 2.05) is 55.5 Å². The second kappa shape index (κ2) is 9.82. The zero-order valence-corrected chi connectivity index (χ0v) is 18.1. The van der Waals surface area contributed by atoms with E-state index in [0.29, 0.717) is 6.42 Å². The van der Waals surface area contributed by atoms with E-state index in [2.05, 4.69) is 10.6 Å². The third-order valence-electron chi connectivity index (χ3n) is 5.76. The van der Waals surface area contributed by atoms with Crippen molar-refractivity contribution in [3.8, 4) is 11.1 Å². The number of amides is 2. The third-order valence-corrected chi connectivity index (χ3v) is 5.76. The second-order valence-corrected chi connectivity index (χ2v) is 8.08. The van der Waals surface area contributed by atoms with Crippen LogP contribution < -0.4 is 10.6 Å². The second-order valence-electron chi connectivity index (χ2n) is 8.08. The lowest BCUT2D eigenvalue weighted by Crippen LogP contribution is -2.60. The van der Waals surface area contributed by atoms with Gasteiger partial charge in [0.1, 0.15) is 18.2 Å². The summed E-state index contributed by atoms with van der Waals surface area (Å²) in [5.41, 5.74) is 2.97. The molecule has 4 N–H and O–H groups in total. The molecule has 8 nitrogen and oxygen atoms in total. The van der Waals surface area contributed by atoms with Crippen molar-refractivity contribution in [1.82, 2.24) is 10.6 Å². The van der Waals surface area contributed by atoms with Crippen LogP contribution in [-0.4, -0.2) is 53.0 Å². The first-order chi connectivity index (χ1) is 15.3. The molecule has 2 atom stereocenters. The maximum absolute atomic E-state index is 12.7. The molecule has 8 heteroatoms. The van der Waals surface area contributed by atoms with Crippen molar-refractivity contribution >= 4 is 18.0 Å². The number of benzene rings is 2. The van der Waals surface area contributed by atoms with Crippen molar-refractivity contribution in [3.05, 3.63) is 59.7 Å². The molecule has 1 unspecified atom stereocenters. The first-order valence-corrected chi connectivity index (χ1v) is 10.6.